The van der Waals surface area contributed by atoms with E-state index < -0.39 is 0 Å². The highest BCUT2D eigenvalue weighted by molar-refractivity contribution is 4.93. The summed E-state index contributed by atoms with van der Waals surface area (Å²) in [4.78, 5) is 13.3. The molecule has 1 aliphatic carbocycles. The lowest BCUT2D eigenvalue weighted by Crippen LogP contribution is -2.24. The first-order valence-corrected chi connectivity index (χ1v) is 5.24. The van der Waals surface area contributed by atoms with Crippen LogP contribution in [0.3, 0.4) is 0 Å². The minimum Gasteiger partial charge on any atom is -0.296 e. The van der Waals surface area contributed by atoms with Crippen LogP contribution >= 0.6 is 0 Å². The Kier molecular flexibility index (Phi) is 1.92. The molecule has 3 rings (SSSR count). The molecule has 0 spiro atoms. The summed E-state index contributed by atoms with van der Waals surface area (Å²) in [5.74, 6) is 0.554. The van der Waals surface area contributed by atoms with E-state index in [4.69, 9.17) is 0 Å². The molecule has 1 aliphatic rings. The molecule has 0 unspecified atom stereocenters. The molecule has 2 aromatic heterocycles. The first kappa shape index (κ1) is 9.32. The molecule has 84 valence electrons. The number of imidazole rings is 1. The van der Waals surface area contributed by atoms with E-state index in [2.05, 4.69) is 15.4 Å². The second kappa shape index (κ2) is 3.29. The molecule has 2 aromatic rings. The van der Waals surface area contributed by atoms with Gasteiger partial charge < -0.3 is 0 Å². The predicted molar refractivity (Wildman–Crippen MR) is 54.9 cm³/mol. The van der Waals surface area contributed by atoms with E-state index in [9.17, 15) is 4.79 Å². The zero-order valence-corrected chi connectivity index (χ0v) is 8.94. The Labute approximate surface area is 91.3 Å². The average Bonchev–Trinajstić information content (AvgIpc) is 2.93. The van der Waals surface area contributed by atoms with E-state index in [-0.39, 0.29) is 5.69 Å². The first-order chi connectivity index (χ1) is 7.74. The zero-order chi connectivity index (χ0) is 11.1. The summed E-state index contributed by atoms with van der Waals surface area (Å²) in [6.07, 6.45) is 5.81. The number of hydrogen-bond acceptors (Lipinski definition) is 4. The molecule has 16 heavy (non-hydrogen) atoms. The third-order valence-corrected chi connectivity index (χ3v) is 2.68. The molecular formula is C9H12N6O. The van der Waals surface area contributed by atoms with Crippen LogP contribution in [0.25, 0.3) is 0 Å². The van der Waals surface area contributed by atoms with Crippen LogP contribution in [-0.2, 0) is 13.6 Å². The van der Waals surface area contributed by atoms with Gasteiger partial charge in [-0.05, 0) is 18.1 Å². The molecule has 2 heterocycles. The lowest BCUT2D eigenvalue weighted by molar-refractivity contribution is 0.618. The van der Waals surface area contributed by atoms with Crippen molar-refractivity contribution in [2.45, 2.75) is 25.4 Å². The van der Waals surface area contributed by atoms with Crippen LogP contribution in [0.2, 0.25) is 0 Å². The van der Waals surface area contributed by atoms with Gasteiger partial charge in [-0.15, -0.1) is 10.2 Å². The van der Waals surface area contributed by atoms with Crippen molar-refractivity contribution < 1.29 is 0 Å². The number of rotatable bonds is 3. The largest absolute Gasteiger partial charge is 0.328 e. The second-order valence-electron chi connectivity index (χ2n) is 4.04. The fourth-order valence-electron chi connectivity index (χ4n) is 1.72. The minimum atomic E-state index is 0.00922. The average molecular weight is 220 g/mol. The first-order valence-electron chi connectivity index (χ1n) is 5.24. The molecule has 0 radical (unpaired) electrons. The van der Waals surface area contributed by atoms with Gasteiger partial charge in [-0.3, -0.25) is 9.13 Å². The second-order valence-corrected chi connectivity index (χ2v) is 4.04. The molecular weight excluding hydrogens is 208 g/mol. The smallest absolute Gasteiger partial charge is 0.296 e. The van der Waals surface area contributed by atoms with Gasteiger partial charge in [0.1, 0.15) is 0 Å². The number of nitrogens with zero attached hydrogens (tertiary/aromatic N) is 6. The molecule has 0 bridgehead atoms. The van der Waals surface area contributed by atoms with E-state index >= 15 is 0 Å². The summed E-state index contributed by atoms with van der Waals surface area (Å²) in [6.45, 7) is 0.381. The summed E-state index contributed by atoms with van der Waals surface area (Å²) in [7, 11) is 1.70. The van der Waals surface area contributed by atoms with Crippen LogP contribution in [0.5, 0.6) is 0 Å². The topological polar surface area (TPSA) is 70.5 Å². The van der Waals surface area contributed by atoms with Gasteiger partial charge in [0.25, 0.3) is 0 Å². The summed E-state index contributed by atoms with van der Waals surface area (Å²) in [5.41, 5.74) is 0.00922. The normalized spacial score (nSPS) is 15.6. The summed E-state index contributed by atoms with van der Waals surface area (Å²) < 4.78 is 3.38. The maximum atomic E-state index is 11.9. The predicted octanol–water partition coefficient (Wildman–Crippen LogP) is -0.444. The van der Waals surface area contributed by atoms with E-state index in [0.29, 0.717) is 18.4 Å². The van der Waals surface area contributed by atoms with Crippen molar-refractivity contribution in [3.05, 3.63) is 28.7 Å². The Hall–Kier alpha value is -1.92. The van der Waals surface area contributed by atoms with Crippen molar-refractivity contribution in [2.75, 3.05) is 0 Å². The van der Waals surface area contributed by atoms with Crippen molar-refractivity contribution in [3.63, 3.8) is 0 Å². The van der Waals surface area contributed by atoms with Crippen molar-refractivity contribution >= 4 is 0 Å². The van der Waals surface area contributed by atoms with E-state index in [1.54, 1.807) is 22.4 Å². The fourth-order valence-corrected chi connectivity index (χ4v) is 1.72. The van der Waals surface area contributed by atoms with Crippen molar-refractivity contribution in [1.82, 2.24) is 29.3 Å². The van der Waals surface area contributed by atoms with E-state index in [0.717, 1.165) is 12.8 Å². The lowest BCUT2D eigenvalue weighted by Gasteiger charge is -1.96. The van der Waals surface area contributed by atoms with Crippen molar-refractivity contribution in [3.8, 4) is 0 Å². The van der Waals surface area contributed by atoms with Crippen LogP contribution < -0.4 is 5.69 Å². The third kappa shape index (κ3) is 1.54. The van der Waals surface area contributed by atoms with Crippen LogP contribution in [-0.4, -0.2) is 29.3 Å². The Morgan fingerprint density at radius 1 is 1.44 bits per heavy atom. The Balaban J connectivity index is 1.87. The van der Waals surface area contributed by atoms with Gasteiger partial charge in [0.05, 0.1) is 13.6 Å². The van der Waals surface area contributed by atoms with Gasteiger partial charge >= 0.3 is 5.69 Å². The zero-order valence-electron chi connectivity index (χ0n) is 8.94. The monoisotopic (exact) mass is 220 g/mol. The highest BCUT2D eigenvalue weighted by atomic mass is 16.1. The number of aryl methyl sites for hydroxylation is 1. The Morgan fingerprint density at radius 2 is 2.25 bits per heavy atom. The van der Waals surface area contributed by atoms with Crippen LogP contribution in [0, 0.1) is 0 Å². The lowest BCUT2D eigenvalue weighted by atomic mass is 10.6. The Bertz CT molecular complexity index is 561. The number of tetrazole rings is 1. The molecule has 0 N–H and O–H groups in total. The molecule has 0 aromatic carbocycles. The summed E-state index contributed by atoms with van der Waals surface area (Å²) >= 11 is 0. The van der Waals surface area contributed by atoms with Gasteiger partial charge in [-0.25, -0.2) is 4.79 Å². The van der Waals surface area contributed by atoms with E-state index in [1.165, 1.54) is 4.80 Å². The fraction of sp³-hybridized carbons (Fsp3) is 0.556. The van der Waals surface area contributed by atoms with Gasteiger partial charge in [-0.1, -0.05) is 0 Å². The highest BCUT2D eigenvalue weighted by Gasteiger charge is 2.25. The molecule has 1 fully saturated rings. The standard InChI is InChI=1S/C9H12N6O/c1-13-11-8(10-12-13)6-14-4-5-15(9(14)16)7-2-3-7/h4-5,7H,2-3,6H2,1H3. The van der Waals surface area contributed by atoms with Crippen LogP contribution in [0.4, 0.5) is 0 Å². The SMILES string of the molecule is Cn1nnc(Cn2ccn(C3CC3)c2=O)n1. The van der Waals surface area contributed by atoms with Crippen LogP contribution in [0.15, 0.2) is 17.2 Å². The summed E-state index contributed by atoms with van der Waals surface area (Å²) in [6, 6.07) is 0.406. The quantitative estimate of drug-likeness (QED) is 0.703. The van der Waals surface area contributed by atoms with E-state index in [1.807, 2.05) is 6.20 Å². The molecule has 7 heteroatoms. The van der Waals surface area contributed by atoms with Crippen molar-refractivity contribution in [2.24, 2.45) is 7.05 Å². The maximum absolute atomic E-state index is 11.9. The molecule has 0 aliphatic heterocycles. The van der Waals surface area contributed by atoms with Gasteiger partial charge in [0.2, 0.25) is 0 Å². The number of hydrogen-bond donors (Lipinski definition) is 0. The molecule has 0 saturated heterocycles. The minimum absolute atomic E-state index is 0.00922. The third-order valence-electron chi connectivity index (χ3n) is 2.68. The molecule has 0 amide bonds. The van der Waals surface area contributed by atoms with Crippen LogP contribution in [0.1, 0.15) is 24.7 Å². The molecule has 1 saturated carbocycles. The van der Waals surface area contributed by atoms with Gasteiger partial charge in [-0.2, -0.15) is 4.80 Å². The highest BCUT2D eigenvalue weighted by Crippen LogP contribution is 2.33. The molecule has 0 atom stereocenters. The molecule has 7 nitrogen and oxygen atoms in total. The van der Waals surface area contributed by atoms with Gasteiger partial charge in [0, 0.05) is 18.4 Å². The number of aromatic nitrogens is 6. The van der Waals surface area contributed by atoms with Crippen molar-refractivity contribution in [1.29, 1.82) is 0 Å². The summed E-state index contributed by atoms with van der Waals surface area (Å²) in [5, 5.41) is 11.6. The van der Waals surface area contributed by atoms with Gasteiger partial charge in [0.15, 0.2) is 5.82 Å². The maximum Gasteiger partial charge on any atom is 0.328 e. The Morgan fingerprint density at radius 3 is 2.88 bits per heavy atom.